The molecule has 1 aliphatic rings. The number of hydrogen-bond acceptors (Lipinski definition) is 5. The molecular weight excluding hydrogens is 334 g/mol. The van der Waals surface area contributed by atoms with E-state index in [1.54, 1.807) is 0 Å². The Balaban J connectivity index is 1.98. The lowest BCUT2D eigenvalue weighted by Gasteiger charge is -2.31. The number of primary sulfonamides is 1. The van der Waals surface area contributed by atoms with Crippen LogP contribution >= 0.6 is 11.6 Å². The molecule has 0 aromatic heterocycles. The Hall–Kier alpha value is -1.55. The molecule has 1 aliphatic heterocycles. The molecule has 0 aliphatic carbocycles. The van der Waals surface area contributed by atoms with Gasteiger partial charge in [-0.1, -0.05) is 11.6 Å². The van der Waals surface area contributed by atoms with Crippen molar-refractivity contribution in [1.82, 2.24) is 4.90 Å². The molecule has 1 atom stereocenters. The highest BCUT2D eigenvalue weighted by Gasteiger charge is 2.23. The van der Waals surface area contributed by atoms with Crippen LogP contribution in [0.4, 0.5) is 10.5 Å². The summed E-state index contributed by atoms with van der Waals surface area (Å²) in [7, 11) is -3.80. The lowest BCUT2D eigenvalue weighted by Crippen LogP contribution is -2.47. The van der Waals surface area contributed by atoms with E-state index >= 15 is 0 Å². The fourth-order valence-corrected chi connectivity index (χ4v) is 2.91. The quantitative estimate of drug-likeness (QED) is 0.738. The number of carbonyl (C=O) groups is 1. The molecule has 0 radical (unpaired) electrons. The van der Waals surface area contributed by atoms with Gasteiger partial charge in [0.25, 0.3) is 0 Å². The maximum Gasteiger partial charge on any atom is 0.407 e. The summed E-state index contributed by atoms with van der Waals surface area (Å²) in [5.74, 6) is 0. The number of halogens is 1. The minimum Gasteiger partial charge on any atom is -0.465 e. The number of anilines is 1. The molecule has 1 heterocycles. The average Bonchev–Trinajstić information content (AvgIpc) is 2.45. The number of morpholine rings is 1. The number of nitrogens with zero attached hydrogens (tertiary/aromatic N) is 1. The van der Waals surface area contributed by atoms with Gasteiger partial charge in [0.2, 0.25) is 10.0 Å². The first-order valence-electron chi connectivity index (χ1n) is 6.43. The van der Waals surface area contributed by atoms with Gasteiger partial charge in [0.1, 0.15) is 0 Å². The highest BCUT2D eigenvalue weighted by molar-refractivity contribution is 7.89. The van der Waals surface area contributed by atoms with E-state index in [4.69, 9.17) is 26.6 Å². The normalized spacial score (nSPS) is 19.0. The van der Waals surface area contributed by atoms with Crippen molar-refractivity contribution in [2.45, 2.75) is 11.0 Å². The predicted molar refractivity (Wildman–Crippen MR) is 80.7 cm³/mol. The zero-order chi connectivity index (χ0) is 16.3. The highest BCUT2D eigenvalue weighted by atomic mass is 35.5. The predicted octanol–water partition coefficient (Wildman–Crippen LogP) is 0.778. The Morgan fingerprint density at radius 2 is 2.27 bits per heavy atom. The van der Waals surface area contributed by atoms with E-state index in [2.05, 4.69) is 5.32 Å². The van der Waals surface area contributed by atoms with Gasteiger partial charge in [-0.2, -0.15) is 0 Å². The molecule has 10 heteroatoms. The van der Waals surface area contributed by atoms with Gasteiger partial charge in [-0.15, -0.1) is 0 Å². The van der Waals surface area contributed by atoms with Crippen molar-refractivity contribution in [1.29, 1.82) is 0 Å². The largest absolute Gasteiger partial charge is 0.465 e. The molecule has 1 saturated heterocycles. The first kappa shape index (κ1) is 16.8. The summed E-state index contributed by atoms with van der Waals surface area (Å²) in [4.78, 5) is 12.1. The van der Waals surface area contributed by atoms with Gasteiger partial charge in [0, 0.05) is 13.1 Å². The first-order chi connectivity index (χ1) is 10.3. The molecule has 4 N–H and O–H groups in total. The molecule has 2 rings (SSSR count). The van der Waals surface area contributed by atoms with Crippen LogP contribution in [0.2, 0.25) is 5.02 Å². The van der Waals surface area contributed by atoms with Crippen LogP contribution in [0, 0.1) is 0 Å². The van der Waals surface area contributed by atoms with Crippen LogP contribution in [0.1, 0.15) is 0 Å². The SMILES string of the molecule is NS(=O)(=O)c1ccc(NCC2CN(C(=O)O)CCO2)c(Cl)c1. The minimum atomic E-state index is -3.80. The first-order valence-corrected chi connectivity index (χ1v) is 8.35. The zero-order valence-corrected chi connectivity index (χ0v) is 13.1. The molecule has 122 valence electrons. The van der Waals surface area contributed by atoms with Crippen molar-refractivity contribution in [3.8, 4) is 0 Å². The molecule has 1 fully saturated rings. The highest BCUT2D eigenvalue weighted by Crippen LogP contribution is 2.25. The van der Waals surface area contributed by atoms with E-state index in [0.29, 0.717) is 25.4 Å². The molecule has 0 spiro atoms. The van der Waals surface area contributed by atoms with Crippen molar-refractivity contribution in [2.75, 3.05) is 31.6 Å². The molecule has 8 nitrogen and oxygen atoms in total. The molecule has 1 aromatic carbocycles. The lowest BCUT2D eigenvalue weighted by atomic mass is 10.2. The summed E-state index contributed by atoms with van der Waals surface area (Å²) in [5, 5.41) is 17.2. The van der Waals surface area contributed by atoms with Crippen LogP contribution < -0.4 is 10.5 Å². The second kappa shape index (κ2) is 6.69. The zero-order valence-electron chi connectivity index (χ0n) is 11.5. The third kappa shape index (κ3) is 4.23. The van der Waals surface area contributed by atoms with Crippen molar-refractivity contribution in [3.05, 3.63) is 23.2 Å². The van der Waals surface area contributed by atoms with Gasteiger partial charge >= 0.3 is 6.09 Å². The standard InChI is InChI=1S/C12H16ClN3O5S/c13-10-5-9(22(14,19)20)1-2-11(10)15-6-8-7-16(12(17)18)3-4-21-8/h1-2,5,8,15H,3-4,6-7H2,(H,17,18)(H2,14,19,20). The number of amides is 1. The molecule has 1 amide bonds. The summed E-state index contributed by atoms with van der Waals surface area (Å²) in [5.41, 5.74) is 0.519. The molecular formula is C12H16ClN3O5S. The number of nitrogens with one attached hydrogen (secondary N) is 1. The van der Waals surface area contributed by atoms with Crippen molar-refractivity contribution >= 4 is 33.4 Å². The molecule has 1 aromatic rings. The average molecular weight is 350 g/mol. The summed E-state index contributed by atoms with van der Waals surface area (Å²) in [6, 6.07) is 4.10. The van der Waals surface area contributed by atoms with Gasteiger partial charge < -0.3 is 20.1 Å². The fraction of sp³-hybridized carbons (Fsp3) is 0.417. The van der Waals surface area contributed by atoms with E-state index in [1.165, 1.54) is 23.1 Å². The van der Waals surface area contributed by atoms with Crippen molar-refractivity contribution < 1.29 is 23.1 Å². The van der Waals surface area contributed by atoms with Crippen molar-refractivity contribution in [3.63, 3.8) is 0 Å². The Kier molecular flexibility index (Phi) is 5.12. The fourth-order valence-electron chi connectivity index (χ4n) is 2.06. The smallest absolute Gasteiger partial charge is 0.407 e. The maximum absolute atomic E-state index is 11.2. The number of carboxylic acid groups (broad SMARTS) is 1. The lowest BCUT2D eigenvalue weighted by molar-refractivity contribution is -0.0147. The number of ether oxygens (including phenoxy) is 1. The molecule has 0 bridgehead atoms. The Labute approximate surface area is 132 Å². The number of hydrogen-bond donors (Lipinski definition) is 3. The third-order valence-corrected chi connectivity index (χ3v) is 4.42. The van der Waals surface area contributed by atoms with Crippen molar-refractivity contribution in [2.24, 2.45) is 5.14 Å². The molecule has 0 saturated carbocycles. The Bertz CT molecular complexity index is 667. The van der Waals surface area contributed by atoms with E-state index in [9.17, 15) is 13.2 Å². The Morgan fingerprint density at radius 3 is 2.86 bits per heavy atom. The van der Waals surface area contributed by atoms with Gasteiger partial charge in [-0.05, 0) is 18.2 Å². The van der Waals surface area contributed by atoms with Gasteiger partial charge in [0.05, 0.1) is 34.9 Å². The van der Waals surface area contributed by atoms with Gasteiger partial charge in [-0.3, -0.25) is 0 Å². The summed E-state index contributed by atoms with van der Waals surface area (Å²) in [6.45, 7) is 1.28. The van der Waals surface area contributed by atoms with Crippen LogP contribution in [0.5, 0.6) is 0 Å². The van der Waals surface area contributed by atoms with Crippen LogP contribution in [-0.4, -0.2) is 56.9 Å². The minimum absolute atomic E-state index is 0.0750. The topological polar surface area (TPSA) is 122 Å². The third-order valence-electron chi connectivity index (χ3n) is 3.20. The number of sulfonamides is 1. The van der Waals surface area contributed by atoms with Crippen LogP contribution in [0.15, 0.2) is 23.1 Å². The molecule has 22 heavy (non-hydrogen) atoms. The van der Waals surface area contributed by atoms with Gasteiger partial charge in [0.15, 0.2) is 0 Å². The number of nitrogens with two attached hydrogens (primary N) is 1. The van der Waals surface area contributed by atoms with E-state index in [0.717, 1.165) is 0 Å². The van der Waals surface area contributed by atoms with Crippen LogP contribution in [0.25, 0.3) is 0 Å². The summed E-state index contributed by atoms with van der Waals surface area (Å²) in [6.07, 6.45) is -1.29. The second-order valence-corrected chi connectivity index (χ2v) is 6.76. The van der Waals surface area contributed by atoms with Gasteiger partial charge in [-0.25, -0.2) is 18.4 Å². The van der Waals surface area contributed by atoms with Crippen LogP contribution in [-0.2, 0) is 14.8 Å². The summed E-state index contributed by atoms with van der Waals surface area (Å²) >= 11 is 6.00. The monoisotopic (exact) mass is 349 g/mol. The maximum atomic E-state index is 11.2. The second-order valence-electron chi connectivity index (χ2n) is 4.79. The summed E-state index contributed by atoms with van der Waals surface area (Å²) < 4.78 is 27.9. The van der Waals surface area contributed by atoms with E-state index in [-0.39, 0.29) is 22.6 Å². The van der Waals surface area contributed by atoms with E-state index < -0.39 is 16.1 Å². The van der Waals surface area contributed by atoms with Crippen LogP contribution in [0.3, 0.4) is 0 Å². The Morgan fingerprint density at radius 1 is 1.55 bits per heavy atom. The van der Waals surface area contributed by atoms with E-state index in [1.807, 2.05) is 0 Å². The number of benzene rings is 1. The molecule has 1 unspecified atom stereocenters. The number of rotatable bonds is 4.